The average molecular weight is 263 g/mol. The maximum Gasteiger partial charge on any atom is 0.365 e. The fourth-order valence-electron chi connectivity index (χ4n) is 1.64. The van der Waals surface area contributed by atoms with Crippen molar-refractivity contribution in [2.75, 3.05) is 0 Å². The standard InChI is InChI=1S/C13H13NO3S/c1-8-4-3-5-9(2)11(8)17-6-10-7-18-12(14-10)13(15)16/h3-5,7H,6H2,1-2H3,(H,15,16). The summed E-state index contributed by atoms with van der Waals surface area (Å²) in [5.41, 5.74) is 2.76. The molecule has 0 saturated carbocycles. The first-order valence-electron chi connectivity index (χ1n) is 5.44. The third-order valence-electron chi connectivity index (χ3n) is 2.51. The van der Waals surface area contributed by atoms with Gasteiger partial charge in [0.25, 0.3) is 0 Å². The van der Waals surface area contributed by atoms with E-state index in [0.29, 0.717) is 5.69 Å². The largest absolute Gasteiger partial charge is 0.487 e. The minimum atomic E-state index is -1.00. The topological polar surface area (TPSA) is 59.4 Å². The second kappa shape index (κ2) is 5.18. The van der Waals surface area contributed by atoms with Crippen LogP contribution in [0.2, 0.25) is 0 Å². The molecule has 0 fully saturated rings. The van der Waals surface area contributed by atoms with Crippen molar-refractivity contribution in [1.82, 2.24) is 4.98 Å². The number of rotatable bonds is 4. The molecule has 18 heavy (non-hydrogen) atoms. The Morgan fingerprint density at radius 3 is 2.61 bits per heavy atom. The van der Waals surface area contributed by atoms with Crippen LogP contribution in [0.15, 0.2) is 23.6 Å². The van der Waals surface area contributed by atoms with Gasteiger partial charge in [0.1, 0.15) is 12.4 Å². The van der Waals surface area contributed by atoms with Gasteiger partial charge in [-0.25, -0.2) is 9.78 Å². The zero-order valence-corrected chi connectivity index (χ0v) is 11.0. The summed E-state index contributed by atoms with van der Waals surface area (Å²) in [5, 5.41) is 10.6. The Hall–Kier alpha value is -1.88. The summed E-state index contributed by atoms with van der Waals surface area (Å²) in [7, 11) is 0. The molecule has 0 aliphatic heterocycles. The lowest BCUT2D eigenvalue weighted by Crippen LogP contribution is -2.01. The maximum absolute atomic E-state index is 10.7. The van der Waals surface area contributed by atoms with Crippen molar-refractivity contribution in [2.45, 2.75) is 20.5 Å². The van der Waals surface area contributed by atoms with E-state index in [1.807, 2.05) is 32.0 Å². The molecule has 2 rings (SSSR count). The lowest BCUT2D eigenvalue weighted by Gasteiger charge is -2.10. The van der Waals surface area contributed by atoms with Crippen LogP contribution in [0.4, 0.5) is 0 Å². The molecule has 2 aromatic rings. The van der Waals surface area contributed by atoms with Crippen molar-refractivity contribution in [3.8, 4) is 5.75 Å². The van der Waals surface area contributed by atoms with E-state index in [1.54, 1.807) is 5.38 Å². The van der Waals surface area contributed by atoms with Gasteiger partial charge in [-0.2, -0.15) is 0 Å². The number of aryl methyl sites for hydroxylation is 2. The summed E-state index contributed by atoms with van der Waals surface area (Å²) in [6, 6.07) is 5.93. The number of carboxylic acids is 1. The number of benzene rings is 1. The fourth-order valence-corrected chi connectivity index (χ4v) is 2.28. The van der Waals surface area contributed by atoms with Crippen LogP contribution in [0.3, 0.4) is 0 Å². The Bertz CT molecular complexity index is 557. The predicted octanol–water partition coefficient (Wildman–Crippen LogP) is 3.04. The number of hydrogen-bond donors (Lipinski definition) is 1. The molecule has 1 aromatic carbocycles. The highest BCUT2D eigenvalue weighted by Crippen LogP contribution is 2.23. The molecule has 0 saturated heterocycles. The summed E-state index contributed by atoms with van der Waals surface area (Å²) in [6.07, 6.45) is 0. The molecule has 4 nitrogen and oxygen atoms in total. The number of ether oxygens (including phenoxy) is 1. The molecule has 0 unspecified atom stereocenters. The summed E-state index contributed by atoms with van der Waals surface area (Å²) >= 11 is 1.11. The Kier molecular flexibility index (Phi) is 3.62. The molecule has 0 bridgehead atoms. The molecule has 0 amide bonds. The molecule has 0 atom stereocenters. The first-order chi connectivity index (χ1) is 8.58. The van der Waals surface area contributed by atoms with Crippen molar-refractivity contribution in [1.29, 1.82) is 0 Å². The lowest BCUT2D eigenvalue weighted by atomic mass is 10.1. The monoisotopic (exact) mass is 263 g/mol. The second-order valence-electron chi connectivity index (χ2n) is 3.96. The number of hydrogen-bond acceptors (Lipinski definition) is 4. The van der Waals surface area contributed by atoms with E-state index in [-0.39, 0.29) is 11.6 Å². The summed E-state index contributed by atoms with van der Waals surface area (Å²) in [5.74, 6) is -0.166. The van der Waals surface area contributed by atoms with Crippen LogP contribution < -0.4 is 4.74 Å². The van der Waals surface area contributed by atoms with Crippen LogP contribution in [0.5, 0.6) is 5.75 Å². The number of nitrogens with zero attached hydrogens (tertiary/aromatic N) is 1. The molecular weight excluding hydrogens is 250 g/mol. The van der Waals surface area contributed by atoms with E-state index in [0.717, 1.165) is 28.2 Å². The minimum Gasteiger partial charge on any atom is -0.487 e. The van der Waals surface area contributed by atoms with E-state index in [2.05, 4.69) is 4.98 Å². The number of carbonyl (C=O) groups is 1. The van der Waals surface area contributed by atoms with Crippen molar-refractivity contribution in [3.05, 3.63) is 45.4 Å². The van der Waals surface area contributed by atoms with Crippen molar-refractivity contribution in [3.63, 3.8) is 0 Å². The van der Waals surface area contributed by atoms with Crippen LogP contribution in [0, 0.1) is 13.8 Å². The molecule has 0 aliphatic carbocycles. The van der Waals surface area contributed by atoms with Gasteiger partial charge in [-0.3, -0.25) is 0 Å². The fraction of sp³-hybridized carbons (Fsp3) is 0.231. The van der Waals surface area contributed by atoms with Gasteiger partial charge in [-0.1, -0.05) is 18.2 Å². The van der Waals surface area contributed by atoms with Gasteiger partial charge < -0.3 is 9.84 Å². The zero-order chi connectivity index (χ0) is 13.1. The number of para-hydroxylation sites is 1. The van der Waals surface area contributed by atoms with Gasteiger partial charge >= 0.3 is 5.97 Å². The van der Waals surface area contributed by atoms with Gasteiger partial charge in [0, 0.05) is 5.38 Å². The third-order valence-corrected chi connectivity index (χ3v) is 3.39. The number of aromatic carboxylic acids is 1. The molecule has 1 aromatic heterocycles. The highest BCUT2D eigenvalue weighted by Gasteiger charge is 2.10. The zero-order valence-electron chi connectivity index (χ0n) is 10.1. The smallest absolute Gasteiger partial charge is 0.365 e. The highest BCUT2D eigenvalue weighted by molar-refractivity contribution is 7.11. The van der Waals surface area contributed by atoms with Crippen molar-refractivity contribution in [2.24, 2.45) is 0 Å². The Morgan fingerprint density at radius 1 is 1.39 bits per heavy atom. The normalized spacial score (nSPS) is 10.3. The Balaban J connectivity index is 2.09. The molecule has 0 spiro atoms. The summed E-state index contributed by atoms with van der Waals surface area (Å²) < 4.78 is 5.70. The van der Waals surface area contributed by atoms with Crippen LogP contribution in [0.1, 0.15) is 26.6 Å². The number of aromatic nitrogens is 1. The van der Waals surface area contributed by atoms with E-state index in [9.17, 15) is 4.79 Å². The Morgan fingerprint density at radius 2 is 2.06 bits per heavy atom. The van der Waals surface area contributed by atoms with Crippen molar-refractivity contribution < 1.29 is 14.6 Å². The number of thiazole rings is 1. The molecule has 1 heterocycles. The number of carboxylic acid groups (broad SMARTS) is 1. The van der Waals surface area contributed by atoms with E-state index < -0.39 is 5.97 Å². The third kappa shape index (κ3) is 2.68. The Labute approximate surface area is 109 Å². The first-order valence-corrected chi connectivity index (χ1v) is 6.32. The van der Waals surface area contributed by atoms with Crippen LogP contribution >= 0.6 is 11.3 Å². The SMILES string of the molecule is Cc1cccc(C)c1OCc1csc(C(=O)O)n1. The van der Waals surface area contributed by atoms with Gasteiger partial charge in [0.15, 0.2) is 0 Å². The van der Waals surface area contributed by atoms with Crippen LogP contribution in [0.25, 0.3) is 0 Å². The van der Waals surface area contributed by atoms with Crippen molar-refractivity contribution >= 4 is 17.3 Å². The molecular formula is C13H13NO3S. The predicted molar refractivity (Wildman–Crippen MR) is 69.3 cm³/mol. The second-order valence-corrected chi connectivity index (χ2v) is 4.82. The van der Waals surface area contributed by atoms with Gasteiger partial charge in [-0.15, -0.1) is 11.3 Å². The van der Waals surface area contributed by atoms with E-state index in [1.165, 1.54) is 0 Å². The lowest BCUT2D eigenvalue weighted by molar-refractivity contribution is 0.0696. The van der Waals surface area contributed by atoms with Gasteiger partial charge in [0.2, 0.25) is 5.01 Å². The molecule has 5 heteroatoms. The van der Waals surface area contributed by atoms with Crippen LogP contribution in [-0.2, 0) is 6.61 Å². The van der Waals surface area contributed by atoms with E-state index in [4.69, 9.17) is 9.84 Å². The molecule has 94 valence electrons. The average Bonchev–Trinajstić information content (AvgIpc) is 2.77. The first kappa shape index (κ1) is 12.6. The summed E-state index contributed by atoms with van der Waals surface area (Å²) in [4.78, 5) is 14.7. The van der Waals surface area contributed by atoms with Crippen LogP contribution in [-0.4, -0.2) is 16.1 Å². The minimum absolute atomic E-state index is 0.0927. The molecule has 0 aliphatic rings. The summed E-state index contributed by atoms with van der Waals surface area (Å²) in [6.45, 7) is 4.24. The highest BCUT2D eigenvalue weighted by atomic mass is 32.1. The molecule has 0 radical (unpaired) electrons. The van der Waals surface area contributed by atoms with Gasteiger partial charge in [-0.05, 0) is 25.0 Å². The maximum atomic E-state index is 10.7. The van der Waals surface area contributed by atoms with Gasteiger partial charge in [0.05, 0.1) is 5.69 Å². The molecule has 1 N–H and O–H groups in total. The quantitative estimate of drug-likeness (QED) is 0.921. The van der Waals surface area contributed by atoms with E-state index >= 15 is 0 Å².